The van der Waals surface area contributed by atoms with Gasteiger partial charge in [-0.2, -0.15) is 0 Å². The normalized spacial score (nSPS) is 16.1. The van der Waals surface area contributed by atoms with Crippen molar-refractivity contribution in [3.05, 3.63) is 64.1 Å². The van der Waals surface area contributed by atoms with Gasteiger partial charge in [0.1, 0.15) is 5.75 Å². The standard InChI is InChI=1S/C16H16BrNO/c17-13-3-1-2-12(10-13)16(18)11-4-6-14(7-5-11)19-15-8-9-15/h1-7,10,15-16H,8-9,18H2. The van der Waals surface area contributed by atoms with Crippen molar-refractivity contribution < 1.29 is 4.74 Å². The third-order valence-electron chi connectivity index (χ3n) is 3.27. The van der Waals surface area contributed by atoms with E-state index in [4.69, 9.17) is 10.5 Å². The topological polar surface area (TPSA) is 35.2 Å². The van der Waals surface area contributed by atoms with Gasteiger partial charge in [0, 0.05) is 4.47 Å². The van der Waals surface area contributed by atoms with Gasteiger partial charge < -0.3 is 10.5 Å². The molecule has 1 atom stereocenters. The second-order valence-electron chi connectivity index (χ2n) is 4.92. The van der Waals surface area contributed by atoms with E-state index in [-0.39, 0.29) is 6.04 Å². The molecule has 0 saturated heterocycles. The average molecular weight is 318 g/mol. The van der Waals surface area contributed by atoms with Gasteiger partial charge >= 0.3 is 0 Å². The Balaban J connectivity index is 1.77. The van der Waals surface area contributed by atoms with E-state index in [0.717, 1.165) is 21.3 Å². The van der Waals surface area contributed by atoms with E-state index in [1.807, 2.05) is 42.5 Å². The summed E-state index contributed by atoms with van der Waals surface area (Å²) >= 11 is 3.47. The highest BCUT2D eigenvalue weighted by molar-refractivity contribution is 9.10. The molecular weight excluding hydrogens is 302 g/mol. The van der Waals surface area contributed by atoms with Crippen molar-refractivity contribution in [2.75, 3.05) is 0 Å². The lowest BCUT2D eigenvalue weighted by Gasteiger charge is -2.13. The average Bonchev–Trinajstić information content (AvgIpc) is 3.23. The molecule has 0 heterocycles. The molecule has 1 saturated carbocycles. The van der Waals surface area contributed by atoms with Gasteiger partial charge in [0.25, 0.3) is 0 Å². The van der Waals surface area contributed by atoms with Crippen molar-refractivity contribution in [1.29, 1.82) is 0 Å². The molecule has 2 aromatic carbocycles. The minimum absolute atomic E-state index is 0.104. The van der Waals surface area contributed by atoms with Gasteiger partial charge in [-0.15, -0.1) is 0 Å². The highest BCUT2D eigenvalue weighted by Gasteiger charge is 2.23. The van der Waals surface area contributed by atoms with Crippen LogP contribution in [0.25, 0.3) is 0 Å². The van der Waals surface area contributed by atoms with Crippen molar-refractivity contribution in [2.45, 2.75) is 25.0 Å². The van der Waals surface area contributed by atoms with Crippen LogP contribution in [-0.2, 0) is 0 Å². The molecule has 0 aromatic heterocycles. The molecule has 3 heteroatoms. The summed E-state index contributed by atoms with van der Waals surface area (Å²) in [4.78, 5) is 0. The molecule has 2 N–H and O–H groups in total. The van der Waals surface area contributed by atoms with Crippen LogP contribution in [0.15, 0.2) is 53.0 Å². The van der Waals surface area contributed by atoms with E-state index < -0.39 is 0 Å². The second kappa shape index (κ2) is 5.35. The summed E-state index contributed by atoms with van der Waals surface area (Å²) in [5, 5.41) is 0. The number of ether oxygens (including phenoxy) is 1. The minimum atomic E-state index is -0.104. The largest absolute Gasteiger partial charge is 0.490 e. The maximum atomic E-state index is 6.29. The van der Waals surface area contributed by atoms with E-state index in [1.165, 1.54) is 12.8 Å². The fourth-order valence-electron chi connectivity index (χ4n) is 2.02. The third kappa shape index (κ3) is 3.17. The Morgan fingerprint density at radius 2 is 1.79 bits per heavy atom. The van der Waals surface area contributed by atoms with Crippen LogP contribution in [0.5, 0.6) is 5.75 Å². The molecule has 2 aromatic rings. The Labute approximate surface area is 121 Å². The minimum Gasteiger partial charge on any atom is -0.490 e. The Bertz CT molecular complexity index is 563. The van der Waals surface area contributed by atoms with Crippen LogP contribution in [-0.4, -0.2) is 6.10 Å². The van der Waals surface area contributed by atoms with E-state index in [2.05, 4.69) is 22.0 Å². The van der Waals surface area contributed by atoms with Crippen LogP contribution in [0.3, 0.4) is 0 Å². The van der Waals surface area contributed by atoms with Crippen LogP contribution < -0.4 is 10.5 Å². The van der Waals surface area contributed by atoms with Gasteiger partial charge in [0.15, 0.2) is 0 Å². The zero-order chi connectivity index (χ0) is 13.2. The monoisotopic (exact) mass is 317 g/mol. The molecule has 1 aliphatic rings. The molecule has 0 bridgehead atoms. The number of hydrogen-bond acceptors (Lipinski definition) is 2. The third-order valence-corrected chi connectivity index (χ3v) is 3.77. The summed E-state index contributed by atoms with van der Waals surface area (Å²) in [6.45, 7) is 0. The van der Waals surface area contributed by atoms with E-state index in [1.54, 1.807) is 0 Å². The molecule has 19 heavy (non-hydrogen) atoms. The molecule has 1 fully saturated rings. The van der Waals surface area contributed by atoms with Gasteiger partial charge in [-0.05, 0) is 48.2 Å². The Morgan fingerprint density at radius 3 is 2.42 bits per heavy atom. The summed E-state index contributed by atoms with van der Waals surface area (Å²) in [6.07, 6.45) is 2.79. The first-order chi connectivity index (χ1) is 9.22. The summed E-state index contributed by atoms with van der Waals surface area (Å²) in [5.41, 5.74) is 8.49. The van der Waals surface area contributed by atoms with Crippen LogP contribution >= 0.6 is 15.9 Å². The van der Waals surface area contributed by atoms with Crippen molar-refractivity contribution in [1.82, 2.24) is 0 Å². The summed E-state index contributed by atoms with van der Waals surface area (Å²) < 4.78 is 6.79. The first-order valence-electron chi connectivity index (χ1n) is 6.50. The number of halogens is 1. The Kier molecular flexibility index (Phi) is 3.58. The molecule has 0 radical (unpaired) electrons. The highest BCUT2D eigenvalue weighted by Crippen LogP contribution is 2.28. The Morgan fingerprint density at radius 1 is 1.05 bits per heavy atom. The van der Waals surface area contributed by atoms with Gasteiger partial charge in [0.2, 0.25) is 0 Å². The van der Waals surface area contributed by atoms with Crippen molar-refractivity contribution in [3.63, 3.8) is 0 Å². The van der Waals surface area contributed by atoms with Crippen molar-refractivity contribution >= 4 is 15.9 Å². The Hall–Kier alpha value is -1.32. The number of benzene rings is 2. The molecule has 0 spiro atoms. The zero-order valence-corrected chi connectivity index (χ0v) is 12.1. The first-order valence-corrected chi connectivity index (χ1v) is 7.29. The number of hydrogen-bond donors (Lipinski definition) is 1. The maximum absolute atomic E-state index is 6.29. The molecule has 1 unspecified atom stereocenters. The first kappa shape index (κ1) is 12.7. The number of nitrogens with two attached hydrogens (primary N) is 1. The van der Waals surface area contributed by atoms with Crippen LogP contribution in [0.2, 0.25) is 0 Å². The predicted octanol–water partition coefficient (Wildman–Crippen LogP) is 4.04. The van der Waals surface area contributed by atoms with Gasteiger partial charge in [0.05, 0.1) is 12.1 Å². The molecule has 98 valence electrons. The summed E-state index contributed by atoms with van der Waals surface area (Å²) in [7, 11) is 0. The van der Waals surface area contributed by atoms with Crippen molar-refractivity contribution in [2.24, 2.45) is 5.73 Å². The lowest BCUT2D eigenvalue weighted by atomic mass is 10.00. The van der Waals surface area contributed by atoms with Gasteiger partial charge in [-0.3, -0.25) is 0 Å². The fourth-order valence-corrected chi connectivity index (χ4v) is 2.44. The van der Waals surface area contributed by atoms with Crippen LogP contribution in [0, 0.1) is 0 Å². The quantitative estimate of drug-likeness (QED) is 0.923. The van der Waals surface area contributed by atoms with E-state index in [9.17, 15) is 0 Å². The SMILES string of the molecule is NC(c1ccc(OC2CC2)cc1)c1cccc(Br)c1. The summed E-state index contributed by atoms with van der Waals surface area (Å²) in [6, 6.07) is 16.1. The molecular formula is C16H16BrNO. The molecule has 2 nitrogen and oxygen atoms in total. The molecule has 3 rings (SSSR count). The molecule has 0 aliphatic heterocycles. The van der Waals surface area contributed by atoms with Gasteiger partial charge in [-0.25, -0.2) is 0 Å². The van der Waals surface area contributed by atoms with E-state index in [0.29, 0.717) is 6.10 Å². The second-order valence-corrected chi connectivity index (χ2v) is 5.83. The lowest BCUT2D eigenvalue weighted by molar-refractivity contribution is 0.303. The fraction of sp³-hybridized carbons (Fsp3) is 0.250. The number of rotatable bonds is 4. The zero-order valence-electron chi connectivity index (χ0n) is 10.6. The predicted molar refractivity (Wildman–Crippen MR) is 80.3 cm³/mol. The van der Waals surface area contributed by atoms with Gasteiger partial charge in [-0.1, -0.05) is 40.2 Å². The maximum Gasteiger partial charge on any atom is 0.119 e. The van der Waals surface area contributed by atoms with E-state index >= 15 is 0 Å². The van der Waals surface area contributed by atoms with Crippen molar-refractivity contribution in [3.8, 4) is 5.75 Å². The van der Waals surface area contributed by atoms with Crippen LogP contribution in [0.1, 0.15) is 30.0 Å². The molecule has 0 amide bonds. The highest BCUT2D eigenvalue weighted by atomic mass is 79.9. The smallest absolute Gasteiger partial charge is 0.119 e. The molecule has 1 aliphatic carbocycles. The summed E-state index contributed by atoms with van der Waals surface area (Å²) in [5.74, 6) is 0.938. The lowest BCUT2D eigenvalue weighted by Crippen LogP contribution is -2.11. The van der Waals surface area contributed by atoms with Crippen LogP contribution in [0.4, 0.5) is 0 Å².